The molecule has 4 rings (SSSR count). The summed E-state index contributed by atoms with van der Waals surface area (Å²) >= 11 is 0. The average molecular weight is 441 g/mol. The van der Waals surface area contributed by atoms with Crippen molar-refractivity contribution >= 4 is 0 Å². The van der Waals surface area contributed by atoms with Gasteiger partial charge in [-0.2, -0.15) is 22.7 Å². The lowest BCUT2D eigenvalue weighted by Gasteiger charge is -2.24. The van der Waals surface area contributed by atoms with Crippen molar-refractivity contribution in [1.82, 2.24) is 24.7 Å². The summed E-state index contributed by atoms with van der Waals surface area (Å²) in [7, 11) is 0. The molecule has 0 spiro atoms. The number of alkyl halides is 3. The van der Waals surface area contributed by atoms with Crippen LogP contribution in [0.1, 0.15) is 36.6 Å². The van der Waals surface area contributed by atoms with Gasteiger partial charge in [-0.1, -0.05) is 12.1 Å². The van der Waals surface area contributed by atoms with E-state index in [0.29, 0.717) is 28.3 Å². The molecule has 5 nitrogen and oxygen atoms in total. The van der Waals surface area contributed by atoms with Crippen LogP contribution in [0.2, 0.25) is 0 Å². The van der Waals surface area contributed by atoms with Gasteiger partial charge in [0, 0.05) is 28.9 Å². The maximum absolute atomic E-state index is 13.8. The Morgan fingerprint density at radius 3 is 2.16 bits per heavy atom. The van der Waals surface area contributed by atoms with Crippen molar-refractivity contribution in [1.29, 1.82) is 0 Å². The Labute approximate surface area is 181 Å². The highest BCUT2D eigenvalue weighted by molar-refractivity contribution is 5.59. The fourth-order valence-corrected chi connectivity index (χ4v) is 3.35. The lowest BCUT2D eigenvalue weighted by molar-refractivity contribution is -0.141. The van der Waals surface area contributed by atoms with Gasteiger partial charge in [0.15, 0.2) is 11.5 Å². The number of aryl methyl sites for hydroxylation is 1. The predicted molar refractivity (Wildman–Crippen MR) is 111 cm³/mol. The molecule has 0 fully saturated rings. The van der Waals surface area contributed by atoms with Gasteiger partial charge in [-0.05, 0) is 57.2 Å². The van der Waals surface area contributed by atoms with Gasteiger partial charge in [0.25, 0.3) is 0 Å². The minimum Gasteiger partial charge on any atom is -0.252 e. The Morgan fingerprint density at radius 2 is 1.50 bits per heavy atom. The Kier molecular flexibility index (Phi) is 5.28. The van der Waals surface area contributed by atoms with Gasteiger partial charge >= 0.3 is 6.18 Å². The number of hydrogen-bond acceptors (Lipinski definition) is 4. The van der Waals surface area contributed by atoms with E-state index in [9.17, 15) is 17.6 Å². The van der Waals surface area contributed by atoms with Crippen molar-refractivity contribution in [2.24, 2.45) is 0 Å². The van der Waals surface area contributed by atoms with Gasteiger partial charge in [-0.3, -0.25) is 4.98 Å². The standard InChI is InChI=1S/C23H19F4N5/c1-14-12-15(13-20(24)28-14)16-6-4-7-17(29-16)22(2,3)18-8-5-9-21(30-18)32-11-10-19(31-32)23(25,26)27/h4-13H,1-3H3. The third kappa shape index (κ3) is 4.23. The molecule has 0 bridgehead atoms. The number of pyridine rings is 3. The van der Waals surface area contributed by atoms with Gasteiger partial charge in [-0.25, -0.2) is 14.6 Å². The summed E-state index contributed by atoms with van der Waals surface area (Å²) < 4.78 is 53.6. The summed E-state index contributed by atoms with van der Waals surface area (Å²) in [4.78, 5) is 13.0. The highest BCUT2D eigenvalue weighted by atomic mass is 19.4. The predicted octanol–water partition coefficient (Wildman–Crippen LogP) is 5.52. The summed E-state index contributed by atoms with van der Waals surface area (Å²) in [5.41, 5.74) is 1.32. The fraction of sp³-hybridized carbons (Fsp3) is 0.217. The number of nitrogens with zero attached hydrogens (tertiary/aromatic N) is 5. The Balaban J connectivity index is 1.71. The molecule has 0 saturated carbocycles. The molecule has 0 saturated heterocycles. The van der Waals surface area contributed by atoms with Crippen LogP contribution in [-0.4, -0.2) is 24.7 Å². The van der Waals surface area contributed by atoms with Crippen LogP contribution in [0.5, 0.6) is 0 Å². The zero-order valence-corrected chi connectivity index (χ0v) is 17.5. The molecule has 0 aliphatic rings. The zero-order valence-electron chi connectivity index (χ0n) is 17.5. The monoisotopic (exact) mass is 441 g/mol. The van der Waals surface area contributed by atoms with Crippen molar-refractivity contribution in [2.45, 2.75) is 32.4 Å². The Morgan fingerprint density at radius 1 is 0.812 bits per heavy atom. The van der Waals surface area contributed by atoms with Gasteiger partial charge in [-0.15, -0.1) is 0 Å². The largest absolute Gasteiger partial charge is 0.435 e. The summed E-state index contributed by atoms with van der Waals surface area (Å²) in [6.07, 6.45) is -3.31. The van der Waals surface area contributed by atoms with Crippen LogP contribution in [0.3, 0.4) is 0 Å². The average Bonchev–Trinajstić information content (AvgIpc) is 3.24. The highest BCUT2D eigenvalue weighted by Gasteiger charge is 2.34. The lowest BCUT2D eigenvalue weighted by atomic mass is 9.84. The first-order valence-corrected chi connectivity index (χ1v) is 9.77. The van der Waals surface area contributed by atoms with E-state index >= 15 is 0 Å². The van der Waals surface area contributed by atoms with Crippen LogP contribution in [-0.2, 0) is 11.6 Å². The van der Waals surface area contributed by atoms with E-state index in [4.69, 9.17) is 4.98 Å². The Hall–Kier alpha value is -3.62. The highest BCUT2D eigenvalue weighted by Crippen LogP contribution is 2.32. The molecular formula is C23H19F4N5. The summed E-state index contributed by atoms with van der Waals surface area (Å²) in [5, 5.41) is 3.59. The molecule has 4 heterocycles. The molecule has 0 aromatic carbocycles. The van der Waals surface area contributed by atoms with E-state index in [2.05, 4.69) is 15.1 Å². The number of halogens is 4. The minimum atomic E-state index is -4.53. The maximum atomic E-state index is 13.8. The Bertz CT molecular complexity index is 1260. The van der Waals surface area contributed by atoms with Crippen LogP contribution >= 0.6 is 0 Å². The third-order valence-corrected chi connectivity index (χ3v) is 5.10. The van der Waals surface area contributed by atoms with Gasteiger partial charge < -0.3 is 0 Å². The lowest BCUT2D eigenvalue weighted by Crippen LogP contribution is -2.23. The summed E-state index contributed by atoms with van der Waals surface area (Å²) in [5.74, 6) is -0.327. The molecule has 0 aliphatic heterocycles. The second-order valence-electron chi connectivity index (χ2n) is 7.88. The van der Waals surface area contributed by atoms with Crippen LogP contribution in [0.25, 0.3) is 17.1 Å². The summed E-state index contributed by atoms with van der Waals surface area (Å²) in [6, 6.07) is 14.5. The number of aromatic nitrogens is 5. The molecule has 9 heteroatoms. The first kappa shape index (κ1) is 21.6. The molecular weight excluding hydrogens is 422 g/mol. The van der Waals surface area contributed by atoms with Crippen LogP contribution in [0.4, 0.5) is 17.6 Å². The maximum Gasteiger partial charge on any atom is 0.435 e. The number of rotatable bonds is 4. The minimum absolute atomic E-state index is 0.258. The van der Waals surface area contributed by atoms with Crippen molar-refractivity contribution in [3.8, 4) is 17.1 Å². The first-order valence-electron chi connectivity index (χ1n) is 9.77. The van der Waals surface area contributed by atoms with Gasteiger partial charge in [0.1, 0.15) is 0 Å². The molecule has 164 valence electrons. The topological polar surface area (TPSA) is 56.5 Å². The van der Waals surface area contributed by atoms with E-state index < -0.39 is 23.2 Å². The van der Waals surface area contributed by atoms with Gasteiger partial charge in [0.05, 0.1) is 17.1 Å². The van der Waals surface area contributed by atoms with Crippen LogP contribution in [0.15, 0.2) is 60.8 Å². The van der Waals surface area contributed by atoms with Crippen molar-refractivity contribution in [3.63, 3.8) is 0 Å². The SMILES string of the molecule is Cc1cc(-c2cccc(C(C)(C)c3cccc(-n4ccc(C(F)(F)F)n4)n3)n2)cc(F)n1. The van der Waals surface area contributed by atoms with E-state index in [-0.39, 0.29) is 5.82 Å². The van der Waals surface area contributed by atoms with Crippen LogP contribution < -0.4 is 0 Å². The fourth-order valence-electron chi connectivity index (χ4n) is 3.35. The van der Waals surface area contributed by atoms with E-state index in [1.165, 1.54) is 12.3 Å². The molecule has 4 aromatic heterocycles. The molecule has 0 N–H and O–H groups in total. The van der Waals surface area contributed by atoms with Crippen molar-refractivity contribution in [3.05, 3.63) is 89.5 Å². The third-order valence-electron chi connectivity index (χ3n) is 5.10. The molecule has 0 unspecified atom stereocenters. The van der Waals surface area contributed by atoms with Crippen LogP contribution in [0, 0.1) is 12.9 Å². The molecule has 4 aromatic rings. The molecule has 32 heavy (non-hydrogen) atoms. The molecule has 0 aliphatic carbocycles. The quantitative estimate of drug-likeness (QED) is 0.309. The zero-order chi connectivity index (χ0) is 23.1. The number of hydrogen-bond donors (Lipinski definition) is 0. The normalized spacial score (nSPS) is 12.2. The first-order chi connectivity index (χ1) is 15.0. The van der Waals surface area contributed by atoms with E-state index in [1.54, 1.807) is 37.3 Å². The second kappa shape index (κ2) is 7.81. The van der Waals surface area contributed by atoms with Gasteiger partial charge in [0.2, 0.25) is 5.95 Å². The molecule has 0 amide bonds. The van der Waals surface area contributed by atoms with Crippen molar-refractivity contribution in [2.75, 3.05) is 0 Å². The second-order valence-corrected chi connectivity index (χ2v) is 7.88. The van der Waals surface area contributed by atoms with E-state index in [1.807, 2.05) is 26.0 Å². The smallest absolute Gasteiger partial charge is 0.252 e. The van der Waals surface area contributed by atoms with Crippen molar-refractivity contribution < 1.29 is 17.6 Å². The van der Waals surface area contributed by atoms with E-state index in [0.717, 1.165) is 10.7 Å². The molecule has 0 radical (unpaired) electrons. The molecule has 0 atom stereocenters. The summed E-state index contributed by atoms with van der Waals surface area (Å²) in [6.45, 7) is 5.52.